The van der Waals surface area contributed by atoms with Crippen LogP contribution in [0.15, 0.2) is 12.4 Å². The van der Waals surface area contributed by atoms with Crippen molar-refractivity contribution in [3.05, 3.63) is 12.4 Å². The van der Waals surface area contributed by atoms with Crippen molar-refractivity contribution in [2.75, 3.05) is 37.0 Å². The maximum absolute atomic E-state index is 5.67. The molecule has 1 saturated heterocycles. The van der Waals surface area contributed by atoms with Crippen molar-refractivity contribution in [2.45, 2.75) is 31.9 Å². The summed E-state index contributed by atoms with van der Waals surface area (Å²) in [7, 11) is 1.99. The van der Waals surface area contributed by atoms with Gasteiger partial charge in [0.25, 0.3) is 0 Å². The first-order valence-electron chi connectivity index (χ1n) is 6.81. The minimum atomic E-state index is 0.251. The third-order valence-corrected chi connectivity index (χ3v) is 3.55. The van der Waals surface area contributed by atoms with Gasteiger partial charge in [0.2, 0.25) is 0 Å². The van der Waals surface area contributed by atoms with E-state index in [4.69, 9.17) is 10.5 Å². The fourth-order valence-electron chi connectivity index (χ4n) is 2.04. The molecule has 3 N–H and O–H groups in total. The van der Waals surface area contributed by atoms with E-state index in [2.05, 4.69) is 27.1 Å². The van der Waals surface area contributed by atoms with E-state index in [1.165, 1.54) is 0 Å². The van der Waals surface area contributed by atoms with Crippen molar-refractivity contribution in [3.8, 4) is 0 Å². The van der Waals surface area contributed by atoms with Gasteiger partial charge in [0.15, 0.2) is 0 Å². The largest absolute Gasteiger partial charge is 0.376 e. The molecule has 1 aromatic rings. The second-order valence-corrected chi connectivity index (χ2v) is 4.97. The van der Waals surface area contributed by atoms with Crippen LogP contribution in [0, 0.1) is 0 Å². The Bertz CT molecular complexity index is 394. The molecule has 2 unspecified atom stereocenters. The summed E-state index contributed by atoms with van der Waals surface area (Å²) in [6, 6.07) is 2.20. The van der Waals surface area contributed by atoms with E-state index in [9.17, 15) is 0 Å². The maximum atomic E-state index is 5.67. The van der Waals surface area contributed by atoms with Gasteiger partial charge in [-0.3, -0.25) is 0 Å². The number of nitrogens with two attached hydrogens (primary N) is 1. The number of hydrogen-bond donors (Lipinski definition) is 2. The number of nitrogens with one attached hydrogen (secondary N) is 1. The van der Waals surface area contributed by atoms with Crippen molar-refractivity contribution < 1.29 is 4.74 Å². The molecule has 106 valence electrons. The Morgan fingerprint density at radius 3 is 3.11 bits per heavy atom. The molecule has 0 saturated carbocycles. The molecular formula is C13H23N5O. The van der Waals surface area contributed by atoms with Crippen LogP contribution >= 0.6 is 0 Å². The lowest BCUT2D eigenvalue weighted by Crippen LogP contribution is -2.35. The second-order valence-electron chi connectivity index (χ2n) is 4.97. The van der Waals surface area contributed by atoms with E-state index in [1.807, 2.05) is 13.1 Å². The molecule has 1 aliphatic heterocycles. The average molecular weight is 265 g/mol. The third-order valence-electron chi connectivity index (χ3n) is 3.55. The number of likely N-dealkylation sites (N-methyl/N-ethyl adjacent to an activating group) is 1. The van der Waals surface area contributed by atoms with Gasteiger partial charge in [0.05, 0.1) is 6.10 Å². The number of ether oxygens (including phenoxy) is 1. The van der Waals surface area contributed by atoms with Crippen molar-refractivity contribution in [2.24, 2.45) is 5.73 Å². The molecule has 0 aliphatic carbocycles. The summed E-state index contributed by atoms with van der Waals surface area (Å²) in [5.41, 5.74) is 5.67. The number of anilines is 2. The minimum Gasteiger partial charge on any atom is -0.376 e. The molecule has 0 radical (unpaired) electrons. The Hall–Kier alpha value is -1.40. The summed E-state index contributed by atoms with van der Waals surface area (Å²) in [6.45, 7) is 4.34. The molecule has 1 fully saturated rings. The summed E-state index contributed by atoms with van der Waals surface area (Å²) >= 11 is 0. The fourth-order valence-corrected chi connectivity index (χ4v) is 2.04. The molecule has 1 aliphatic rings. The molecular weight excluding hydrogens is 242 g/mol. The number of nitrogens with zero attached hydrogens (tertiary/aromatic N) is 3. The molecule has 6 heteroatoms. The van der Waals surface area contributed by atoms with E-state index < -0.39 is 0 Å². The highest BCUT2D eigenvalue weighted by Gasteiger charge is 2.15. The average Bonchev–Trinajstić information content (AvgIpc) is 2.97. The summed E-state index contributed by atoms with van der Waals surface area (Å²) in [6.07, 6.45) is 4.15. The highest BCUT2D eigenvalue weighted by atomic mass is 16.5. The third kappa shape index (κ3) is 3.78. The molecule has 19 heavy (non-hydrogen) atoms. The summed E-state index contributed by atoms with van der Waals surface area (Å²) < 4.78 is 5.58. The monoisotopic (exact) mass is 265 g/mol. The molecule has 2 heterocycles. The molecule has 0 bridgehead atoms. The zero-order chi connectivity index (χ0) is 13.7. The molecule has 0 aromatic carbocycles. The van der Waals surface area contributed by atoms with Gasteiger partial charge >= 0.3 is 0 Å². The topological polar surface area (TPSA) is 76.3 Å². The van der Waals surface area contributed by atoms with Crippen LogP contribution in [0.1, 0.15) is 19.8 Å². The molecule has 2 atom stereocenters. The van der Waals surface area contributed by atoms with E-state index >= 15 is 0 Å². The van der Waals surface area contributed by atoms with Gasteiger partial charge in [-0.2, -0.15) is 0 Å². The molecule has 0 spiro atoms. The van der Waals surface area contributed by atoms with Crippen LogP contribution in [-0.4, -0.2) is 48.9 Å². The Morgan fingerprint density at radius 2 is 2.42 bits per heavy atom. The highest BCUT2D eigenvalue weighted by Crippen LogP contribution is 2.16. The maximum Gasteiger partial charge on any atom is 0.134 e. The van der Waals surface area contributed by atoms with Gasteiger partial charge in [-0.15, -0.1) is 0 Å². The quantitative estimate of drug-likeness (QED) is 0.794. The fraction of sp³-hybridized carbons (Fsp3) is 0.692. The van der Waals surface area contributed by atoms with Crippen molar-refractivity contribution in [3.63, 3.8) is 0 Å². The minimum absolute atomic E-state index is 0.251. The Balaban J connectivity index is 1.94. The predicted molar refractivity (Wildman–Crippen MR) is 76.4 cm³/mol. The zero-order valence-electron chi connectivity index (χ0n) is 11.7. The van der Waals surface area contributed by atoms with Crippen LogP contribution in [0.5, 0.6) is 0 Å². The van der Waals surface area contributed by atoms with Gasteiger partial charge in [-0.05, 0) is 19.8 Å². The van der Waals surface area contributed by atoms with E-state index in [-0.39, 0.29) is 6.04 Å². The van der Waals surface area contributed by atoms with Crippen LogP contribution in [0.4, 0.5) is 11.6 Å². The van der Waals surface area contributed by atoms with E-state index in [0.29, 0.717) is 12.6 Å². The first-order valence-corrected chi connectivity index (χ1v) is 6.81. The number of hydrogen-bond acceptors (Lipinski definition) is 6. The first kappa shape index (κ1) is 14.0. The van der Waals surface area contributed by atoms with Gasteiger partial charge in [0.1, 0.15) is 18.0 Å². The Morgan fingerprint density at radius 1 is 1.58 bits per heavy atom. The summed E-state index contributed by atoms with van der Waals surface area (Å²) in [5.74, 6) is 1.71. The van der Waals surface area contributed by atoms with Crippen LogP contribution in [0.25, 0.3) is 0 Å². The number of rotatable bonds is 6. The van der Waals surface area contributed by atoms with Crippen LogP contribution in [-0.2, 0) is 4.74 Å². The van der Waals surface area contributed by atoms with Gasteiger partial charge in [-0.1, -0.05) is 0 Å². The smallest absolute Gasteiger partial charge is 0.134 e. The Labute approximate surface area is 114 Å². The van der Waals surface area contributed by atoms with E-state index in [0.717, 1.165) is 37.6 Å². The second kappa shape index (κ2) is 6.68. The summed E-state index contributed by atoms with van der Waals surface area (Å²) in [5, 5.41) is 3.30. The van der Waals surface area contributed by atoms with Crippen molar-refractivity contribution in [1.29, 1.82) is 0 Å². The van der Waals surface area contributed by atoms with Gasteiger partial charge < -0.3 is 20.7 Å². The SMILES string of the molecule is CC(CN)N(C)c1cc(NCC2CCCO2)ncn1. The normalized spacial score (nSPS) is 20.3. The Kier molecular flexibility index (Phi) is 4.93. The first-order chi connectivity index (χ1) is 9.20. The molecule has 2 rings (SSSR count). The van der Waals surface area contributed by atoms with Crippen LogP contribution in [0.2, 0.25) is 0 Å². The highest BCUT2D eigenvalue weighted by molar-refractivity contribution is 5.48. The standard InChI is InChI=1S/C13H23N5O/c1-10(7-14)18(2)13-6-12(16-9-17-13)15-8-11-4-3-5-19-11/h6,9-11H,3-5,7-8,14H2,1-2H3,(H,15,16,17). The van der Waals surface area contributed by atoms with E-state index in [1.54, 1.807) is 6.33 Å². The molecule has 0 amide bonds. The molecule has 6 nitrogen and oxygen atoms in total. The van der Waals surface area contributed by atoms with Crippen molar-refractivity contribution in [1.82, 2.24) is 9.97 Å². The lowest BCUT2D eigenvalue weighted by Gasteiger charge is -2.24. The lowest BCUT2D eigenvalue weighted by molar-refractivity contribution is 0.120. The van der Waals surface area contributed by atoms with Crippen molar-refractivity contribution >= 4 is 11.6 Å². The van der Waals surface area contributed by atoms with Crippen LogP contribution in [0.3, 0.4) is 0 Å². The zero-order valence-corrected chi connectivity index (χ0v) is 11.7. The van der Waals surface area contributed by atoms with Crippen LogP contribution < -0.4 is 16.0 Å². The predicted octanol–water partition coefficient (Wildman–Crippen LogP) is 0.851. The van der Waals surface area contributed by atoms with Gasteiger partial charge in [0, 0.05) is 38.9 Å². The van der Waals surface area contributed by atoms with Gasteiger partial charge in [-0.25, -0.2) is 9.97 Å². The lowest BCUT2D eigenvalue weighted by atomic mass is 10.2. The molecule has 1 aromatic heterocycles. The summed E-state index contributed by atoms with van der Waals surface area (Å²) in [4.78, 5) is 10.6. The number of aromatic nitrogens is 2.